The van der Waals surface area contributed by atoms with Crippen molar-refractivity contribution >= 4 is 12.9 Å². The minimum atomic E-state index is -0.318. The topological polar surface area (TPSA) is 105 Å². The van der Waals surface area contributed by atoms with Crippen LogP contribution < -0.4 is 11.7 Å². The zero-order valence-corrected chi connectivity index (χ0v) is 10.9. The average Bonchev–Trinajstić information content (AvgIpc) is 2.04. The van der Waals surface area contributed by atoms with Crippen LogP contribution in [0.25, 0.3) is 0 Å². The fourth-order valence-corrected chi connectivity index (χ4v) is 0.289. The highest BCUT2D eigenvalue weighted by Crippen LogP contribution is 2.03. The van der Waals surface area contributed by atoms with Crippen molar-refractivity contribution in [2.24, 2.45) is 11.7 Å². The minimum absolute atomic E-state index is 0.318. The Morgan fingerprint density at radius 3 is 0.938 bits per heavy atom. The molecule has 0 atom stereocenters. The van der Waals surface area contributed by atoms with Crippen LogP contribution in [0, 0.1) is 0 Å². The van der Waals surface area contributed by atoms with Gasteiger partial charge in [0, 0.05) is 0 Å². The zero-order valence-electron chi connectivity index (χ0n) is 10.9. The predicted molar refractivity (Wildman–Crippen MR) is 62.2 cm³/mol. The van der Waals surface area contributed by atoms with Crippen molar-refractivity contribution in [3.63, 3.8) is 0 Å². The van der Waals surface area contributed by atoms with E-state index in [0.717, 1.165) is 0 Å². The largest absolute Gasteiger partial charge is 0.462 e. The Balaban J connectivity index is -0.000000183. The van der Waals surface area contributed by atoms with E-state index in [1.54, 1.807) is 0 Å². The van der Waals surface area contributed by atoms with Gasteiger partial charge in [0.2, 0.25) is 0 Å². The van der Waals surface area contributed by atoms with Crippen LogP contribution in [0.2, 0.25) is 0 Å². The molecular weight excluding hydrogens is 212 g/mol. The van der Waals surface area contributed by atoms with Crippen LogP contribution in [0.1, 0.15) is 41.5 Å². The van der Waals surface area contributed by atoms with Gasteiger partial charge in [-0.05, 0) is 41.5 Å². The second-order valence-corrected chi connectivity index (χ2v) is 4.65. The van der Waals surface area contributed by atoms with Crippen LogP contribution in [0.3, 0.4) is 0 Å². The highest BCUT2D eigenvalue weighted by molar-refractivity contribution is 5.38. The molecule has 0 saturated heterocycles. The Kier molecular flexibility index (Phi) is 13.2. The van der Waals surface area contributed by atoms with Gasteiger partial charge in [-0.1, -0.05) is 0 Å². The minimum Gasteiger partial charge on any atom is -0.462 e. The molecular formula is C10H24N2O4. The molecule has 0 unspecified atom stereocenters. The van der Waals surface area contributed by atoms with Gasteiger partial charge in [-0.15, -0.1) is 0 Å². The van der Waals surface area contributed by atoms with E-state index in [-0.39, 0.29) is 11.2 Å². The maximum atomic E-state index is 9.60. The van der Waals surface area contributed by atoms with E-state index in [1.165, 1.54) is 0 Å². The van der Waals surface area contributed by atoms with Crippen LogP contribution >= 0.6 is 0 Å². The summed E-state index contributed by atoms with van der Waals surface area (Å²) >= 11 is 0. The van der Waals surface area contributed by atoms with E-state index in [4.69, 9.17) is 0 Å². The lowest BCUT2D eigenvalue weighted by atomic mass is 10.2. The van der Waals surface area contributed by atoms with E-state index < -0.39 is 0 Å². The van der Waals surface area contributed by atoms with Gasteiger partial charge in [0.05, 0.1) is 0 Å². The summed E-state index contributed by atoms with van der Waals surface area (Å²) in [6.07, 6.45) is 0. The van der Waals surface area contributed by atoms with Gasteiger partial charge in [0.25, 0.3) is 12.9 Å². The Morgan fingerprint density at radius 1 is 0.750 bits per heavy atom. The third kappa shape index (κ3) is 38.4. The van der Waals surface area contributed by atoms with Gasteiger partial charge in [0.1, 0.15) is 11.2 Å². The Bertz CT molecular complexity index is 151. The summed E-state index contributed by atoms with van der Waals surface area (Å²) in [7, 11) is 0. The predicted octanol–water partition coefficient (Wildman–Crippen LogP) is 0.735. The Morgan fingerprint density at radius 2 is 0.938 bits per heavy atom. The normalized spacial score (nSPS) is 9.75. The molecule has 4 N–H and O–H groups in total. The van der Waals surface area contributed by atoms with Gasteiger partial charge in [-0.3, -0.25) is 21.3 Å². The van der Waals surface area contributed by atoms with Gasteiger partial charge in [-0.25, -0.2) is 0 Å². The molecule has 0 radical (unpaired) electrons. The summed E-state index contributed by atoms with van der Waals surface area (Å²) in [6.45, 7) is 11.8. The van der Waals surface area contributed by atoms with Crippen molar-refractivity contribution < 1.29 is 19.1 Å². The van der Waals surface area contributed by atoms with Crippen LogP contribution in [0.15, 0.2) is 0 Å². The molecule has 0 bridgehead atoms. The lowest BCUT2D eigenvalue weighted by Crippen LogP contribution is -2.17. The summed E-state index contributed by atoms with van der Waals surface area (Å²) in [5.74, 6) is 8.00. The van der Waals surface area contributed by atoms with Gasteiger partial charge >= 0.3 is 0 Å². The van der Waals surface area contributed by atoms with Crippen LogP contribution in [-0.4, -0.2) is 24.1 Å². The van der Waals surface area contributed by atoms with Crippen molar-refractivity contribution in [1.82, 2.24) is 0 Å². The third-order valence-electron chi connectivity index (χ3n) is 0.803. The average molecular weight is 236 g/mol. The smallest absolute Gasteiger partial charge is 0.293 e. The molecule has 0 rings (SSSR count). The van der Waals surface area contributed by atoms with Crippen molar-refractivity contribution in [3.05, 3.63) is 0 Å². The number of hydrogen-bond acceptors (Lipinski definition) is 6. The van der Waals surface area contributed by atoms with Crippen molar-refractivity contribution in [3.8, 4) is 0 Å². The molecule has 0 heterocycles. The SMILES string of the molecule is CC(C)(C)OC=O.CC(C)(C)OC=O.NN. The van der Waals surface area contributed by atoms with E-state index in [1.807, 2.05) is 41.5 Å². The monoisotopic (exact) mass is 236 g/mol. The molecule has 6 nitrogen and oxygen atoms in total. The third-order valence-corrected chi connectivity index (χ3v) is 0.803. The second kappa shape index (κ2) is 10.4. The van der Waals surface area contributed by atoms with Crippen molar-refractivity contribution in [2.45, 2.75) is 52.7 Å². The van der Waals surface area contributed by atoms with Crippen molar-refractivity contribution in [1.29, 1.82) is 0 Å². The first kappa shape index (κ1) is 20.3. The zero-order chi connectivity index (χ0) is 13.8. The maximum absolute atomic E-state index is 9.60. The molecule has 0 aromatic carbocycles. The lowest BCUT2D eigenvalue weighted by Gasteiger charge is -2.14. The highest BCUT2D eigenvalue weighted by atomic mass is 16.5. The quantitative estimate of drug-likeness (QED) is 0.416. The first-order chi connectivity index (χ1) is 7.12. The first-order valence-corrected chi connectivity index (χ1v) is 4.68. The molecule has 6 heteroatoms. The molecule has 98 valence electrons. The molecule has 0 fully saturated rings. The number of hydrogen-bond donors (Lipinski definition) is 2. The Labute approximate surface area is 97.2 Å². The van der Waals surface area contributed by atoms with E-state index in [2.05, 4.69) is 21.2 Å². The van der Waals surface area contributed by atoms with Gasteiger partial charge < -0.3 is 9.47 Å². The van der Waals surface area contributed by atoms with E-state index >= 15 is 0 Å². The maximum Gasteiger partial charge on any atom is 0.293 e. The molecule has 0 aromatic rings. The molecule has 0 aliphatic heterocycles. The number of hydrazine groups is 1. The van der Waals surface area contributed by atoms with Gasteiger partial charge in [-0.2, -0.15) is 0 Å². The summed E-state index contributed by atoms with van der Waals surface area (Å²) in [5, 5.41) is 0. The molecule has 0 aliphatic rings. The lowest BCUT2D eigenvalue weighted by molar-refractivity contribution is -0.139. The summed E-state index contributed by atoms with van der Waals surface area (Å²) in [4.78, 5) is 19.2. The molecule has 0 spiro atoms. The first-order valence-electron chi connectivity index (χ1n) is 4.68. The number of carbonyl (C=O) groups is 2. The van der Waals surface area contributed by atoms with Crippen molar-refractivity contribution in [2.75, 3.05) is 0 Å². The summed E-state index contributed by atoms with van der Waals surface area (Å²) in [5.41, 5.74) is -0.635. The van der Waals surface area contributed by atoms with Gasteiger partial charge in [0.15, 0.2) is 0 Å². The summed E-state index contributed by atoms with van der Waals surface area (Å²) < 4.78 is 9.10. The standard InChI is InChI=1S/2C5H10O2.H4N2/c2*1-5(2,3)7-4-6;1-2/h2*4H,1-3H3;1-2H2. The fraction of sp³-hybridized carbons (Fsp3) is 0.800. The number of nitrogens with two attached hydrogens (primary N) is 2. The van der Waals surface area contributed by atoms with Crippen LogP contribution in [-0.2, 0) is 19.1 Å². The molecule has 0 aliphatic carbocycles. The van der Waals surface area contributed by atoms with E-state index in [0.29, 0.717) is 12.9 Å². The summed E-state index contributed by atoms with van der Waals surface area (Å²) in [6, 6.07) is 0. The van der Waals surface area contributed by atoms with Crippen LogP contribution in [0.4, 0.5) is 0 Å². The second-order valence-electron chi connectivity index (χ2n) is 4.65. The number of carbonyl (C=O) groups excluding carboxylic acids is 2. The fourth-order valence-electron chi connectivity index (χ4n) is 0.289. The molecule has 0 amide bonds. The molecule has 16 heavy (non-hydrogen) atoms. The Hall–Kier alpha value is -1.14. The van der Waals surface area contributed by atoms with E-state index in [9.17, 15) is 9.59 Å². The molecule has 0 saturated carbocycles. The highest BCUT2D eigenvalue weighted by Gasteiger charge is 2.08. The molecule has 0 aromatic heterocycles. The number of ether oxygens (including phenoxy) is 2. The van der Waals surface area contributed by atoms with Crippen LogP contribution in [0.5, 0.6) is 0 Å². The number of rotatable bonds is 2.